The highest BCUT2D eigenvalue weighted by atomic mass is 35.5. The number of benzene rings is 2. The minimum absolute atomic E-state index is 0.0558. The van der Waals surface area contributed by atoms with E-state index in [-0.39, 0.29) is 12.1 Å². The van der Waals surface area contributed by atoms with Crippen LogP contribution in [0.1, 0.15) is 58.2 Å². The van der Waals surface area contributed by atoms with Crippen molar-refractivity contribution in [1.29, 1.82) is 0 Å². The third kappa shape index (κ3) is 6.54. The summed E-state index contributed by atoms with van der Waals surface area (Å²) < 4.78 is 12.0. The molecule has 3 aliphatic rings. The molecule has 0 aliphatic carbocycles. The van der Waals surface area contributed by atoms with E-state index in [1.54, 1.807) is 0 Å². The largest absolute Gasteiger partial charge is 0.462 e. The van der Waals surface area contributed by atoms with Crippen molar-refractivity contribution in [2.45, 2.75) is 77.6 Å². The predicted octanol–water partition coefficient (Wildman–Crippen LogP) is 6.15. The van der Waals surface area contributed by atoms with Gasteiger partial charge in [0.2, 0.25) is 0 Å². The molecule has 2 fully saturated rings. The molecule has 3 aliphatic heterocycles. The number of fused-ring (bicyclic) bond motifs is 2. The number of hydrogen-bond donors (Lipinski definition) is 0. The lowest BCUT2D eigenvalue weighted by Crippen LogP contribution is -2.55. The molecule has 0 unspecified atom stereocenters. The highest BCUT2D eigenvalue weighted by Crippen LogP contribution is 2.37. The smallest absolute Gasteiger partial charge is 0.410 e. The Morgan fingerprint density at radius 1 is 1.05 bits per heavy atom. The Balaban J connectivity index is 1.32. The molecule has 1 aromatic heterocycles. The van der Waals surface area contributed by atoms with Crippen LogP contribution in [-0.2, 0) is 17.7 Å². The van der Waals surface area contributed by atoms with Crippen LogP contribution in [0.4, 0.5) is 16.3 Å². The second-order valence-corrected chi connectivity index (χ2v) is 13.9. The van der Waals surface area contributed by atoms with Gasteiger partial charge in [-0.2, -0.15) is 9.97 Å². The van der Waals surface area contributed by atoms with E-state index < -0.39 is 5.60 Å². The fourth-order valence-electron chi connectivity index (χ4n) is 6.76. The molecule has 0 saturated carbocycles. The maximum absolute atomic E-state index is 12.9. The molecule has 2 atom stereocenters. The topological polar surface area (TPSA) is 74.3 Å². The summed E-state index contributed by atoms with van der Waals surface area (Å²) >= 11 is 6.76. The van der Waals surface area contributed by atoms with Crippen molar-refractivity contribution in [2.75, 3.05) is 56.2 Å². The number of amides is 1. The maximum Gasteiger partial charge on any atom is 0.410 e. The normalized spacial score (nSPS) is 21.4. The van der Waals surface area contributed by atoms with Gasteiger partial charge in [-0.1, -0.05) is 35.9 Å². The monoisotopic (exact) mass is 620 g/mol. The molecule has 2 aromatic carbocycles. The van der Waals surface area contributed by atoms with Gasteiger partial charge in [0, 0.05) is 54.9 Å². The average molecular weight is 621 g/mol. The van der Waals surface area contributed by atoms with Crippen LogP contribution in [0.25, 0.3) is 10.8 Å². The zero-order chi connectivity index (χ0) is 31.0. The first-order chi connectivity index (χ1) is 21.1. The van der Waals surface area contributed by atoms with Crippen molar-refractivity contribution < 1.29 is 14.3 Å². The zero-order valence-electron chi connectivity index (χ0n) is 26.7. The average Bonchev–Trinajstić information content (AvgIpc) is 3.26. The third-order valence-corrected chi connectivity index (χ3v) is 9.36. The third-order valence-electron chi connectivity index (χ3n) is 9.05. The summed E-state index contributed by atoms with van der Waals surface area (Å²) in [7, 11) is 2.16. The van der Waals surface area contributed by atoms with Crippen LogP contribution >= 0.6 is 11.6 Å². The number of likely N-dealkylation sites (tertiary alicyclic amines) is 1. The van der Waals surface area contributed by atoms with Crippen LogP contribution in [0.3, 0.4) is 0 Å². The Labute approximate surface area is 266 Å². The lowest BCUT2D eigenvalue weighted by Gasteiger charge is -2.41. The van der Waals surface area contributed by atoms with E-state index in [0.29, 0.717) is 44.8 Å². The lowest BCUT2D eigenvalue weighted by atomic mass is 10.1. The van der Waals surface area contributed by atoms with Gasteiger partial charge in [-0.3, -0.25) is 0 Å². The van der Waals surface area contributed by atoms with E-state index in [1.165, 1.54) is 12.0 Å². The van der Waals surface area contributed by atoms with Gasteiger partial charge in [0.05, 0.1) is 17.3 Å². The van der Waals surface area contributed by atoms with Crippen LogP contribution in [0.15, 0.2) is 36.4 Å². The molecule has 0 bridgehead atoms. The van der Waals surface area contributed by atoms with Gasteiger partial charge in [-0.05, 0) is 84.5 Å². The van der Waals surface area contributed by atoms with Crippen LogP contribution in [0.2, 0.25) is 5.02 Å². The number of carbonyl (C=O) groups excluding carboxylic acids is 1. The number of ether oxygens (including phenoxy) is 2. The van der Waals surface area contributed by atoms with E-state index in [4.69, 9.17) is 31.0 Å². The molecule has 0 spiro atoms. The summed E-state index contributed by atoms with van der Waals surface area (Å²) in [4.78, 5) is 31.9. The first kappa shape index (κ1) is 30.7. The van der Waals surface area contributed by atoms with E-state index in [1.807, 2.05) is 37.8 Å². The Bertz CT molecular complexity index is 1510. The molecule has 0 N–H and O–H groups in total. The minimum atomic E-state index is -0.527. The number of halogens is 1. The predicted molar refractivity (Wildman–Crippen MR) is 176 cm³/mol. The van der Waals surface area contributed by atoms with Crippen LogP contribution in [-0.4, -0.2) is 89.9 Å². The number of nitrogens with zero attached hydrogens (tertiary/aromatic N) is 6. The van der Waals surface area contributed by atoms with Gasteiger partial charge in [0.15, 0.2) is 0 Å². The van der Waals surface area contributed by atoms with E-state index in [9.17, 15) is 4.79 Å². The van der Waals surface area contributed by atoms with Crippen molar-refractivity contribution in [3.63, 3.8) is 0 Å². The molecule has 4 heterocycles. The van der Waals surface area contributed by atoms with Gasteiger partial charge < -0.3 is 29.1 Å². The fourth-order valence-corrected chi connectivity index (χ4v) is 7.04. The molecule has 0 radical (unpaired) electrons. The standard InChI is InChI=1S/C34H45ClN6O3/c1-23-20-40(33(42)44-34(2,3)4)18-19-41(23)31-26-13-9-17-39(29-15-7-11-24-10-6-14-27(35)30(24)29)21-28(26)36-32(37-31)43-22-25-12-8-16-38(25)5/h6-7,10-11,14-15,23,25H,8-9,12-13,16-22H2,1-5H3/t23-,25-/m0/s1. The number of likely N-dealkylation sites (N-methyl/N-ethyl adjacent to an activating group) is 1. The molecule has 44 heavy (non-hydrogen) atoms. The number of hydrogen-bond acceptors (Lipinski definition) is 8. The Kier molecular flexibility index (Phi) is 8.79. The van der Waals surface area contributed by atoms with Crippen molar-refractivity contribution in [1.82, 2.24) is 19.8 Å². The number of piperazine rings is 1. The quantitative estimate of drug-likeness (QED) is 0.336. The summed E-state index contributed by atoms with van der Waals surface area (Å²) in [5.41, 5.74) is 2.76. The number of rotatable bonds is 5. The molecule has 6 rings (SSSR count). The van der Waals surface area contributed by atoms with Gasteiger partial charge >= 0.3 is 12.1 Å². The minimum Gasteiger partial charge on any atom is -0.462 e. The lowest BCUT2D eigenvalue weighted by molar-refractivity contribution is 0.0218. The molecule has 3 aromatic rings. The molecular formula is C34H45ClN6O3. The van der Waals surface area contributed by atoms with Crippen LogP contribution in [0, 0.1) is 0 Å². The van der Waals surface area contributed by atoms with Gasteiger partial charge in [-0.15, -0.1) is 0 Å². The SMILES string of the molecule is C[C@H]1CN(C(=O)OC(C)(C)C)CCN1c1nc(OC[C@@H]2CCCN2C)nc2c1CCCN(c1cccc3cccc(Cl)c13)C2. The molecule has 2 saturated heterocycles. The molecule has 9 nitrogen and oxygen atoms in total. The highest BCUT2D eigenvalue weighted by molar-refractivity contribution is 6.36. The maximum atomic E-state index is 12.9. The molecule has 10 heteroatoms. The second kappa shape index (κ2) is 12.6. The van der Waals surface area contributed by atoms with Crippen molar-refractivity contribution >= 4 is 40.0 Å². The summed E-state index contributed by atoms with van der Waals surface area (Å²) in [5.74, 6) is 0.930. The van der Waals surface area contributed by atoms with Crippen LogP contribution in [0.5, 0.6) is 6.01 Å². The van der Waals surface area contributed by atoms with E-state index in [2.05, 4.69) is 52.9 Å². The summed E-state index contributed by atoms with van der Waals surface area (Å²) in [6.07, 6.45) is 3.86. The summed E-state index contributed by atoms with van der Waals surface area (Å²) in [6, 6.07) is 13.3. The highest BCUT2D eigenvalue weighted by Gasteiger charge is 2.34. The first-order valence-corrected chi connectivity index (χ1v) is 16.3. The van der Waals surface area contributed by atoms with Crippen LogP contribution < -0.4 is 14.5 Å². The van der Waals surface area contributed by atoms with Gasteiger partial charge in [0.25, 0.3) is 0 Å². The second-order valence-electron chi connectivity index (χ2n) is 13.5. The number of anilines is 2. The van der Waals surface area contributed by atoms with E-state index >= 15 is 0 Å². The Morgan fingerprint density at radius 2 is 1.84 bits per heavy atom. The molecule has 236 valence electrons. The fraction of sp³-hybridized carbons (Fsp3) is 0.559. The summed E-state index contributed by atoms with van der Waals surface area (Å²) in [5, 5.41) is 2.96. The number of aromatic nitrogens is 2. The molecular weight excluding hydrogens is 576 g/mol. The summed E-state index contributed by atoms with van der Waals surface area (Å²) in [6.45, 7) is 12.8. The Hall–Kier alpha value is -3.30. The zero-order valence-corrected chi connectivity index (χ0v) is 27.4. The van der Waals surface area contributed by atoms with Crippen molar-refractivity contribution in [3.05, 3.63) is 52.7 Å². The molecule has 1 amide bonds. The number of carbonyl (C=O) groups is 1. The van der Waals surface area contributed by atoms with Gasteiger partial charge in [0.1, 0.15) is 18.0 Å². The van der Waals surface area contributed by atoms with Crippen molar-refractivity contribution in [3.8, 4) is 6.01 Å². The van der Waals surface area contributed by atoms with Crippen molar-refractivity contribution in [2.24, 2.45) is 0 Å². The first-order valence-electron chi connectivity index (χ1n) is 16.0. The Morgan fingerprint density at radius 3 is 2.57 bits per heavy atom. The van der Waals surface area contributed by atoms with Gasteiger partial charge in [-0.25, -0.2) is 4.79 Å². The van der Waals surface area contributed by atoms with E-state index in [0.717, 1.165) is 65.3 Å².